The Bertz CT molecular complexity index is 469. The van der Waals surface area contributed by atoms with Gasteiger partial charge in [0, 0.05) is 30.4 Å². The van der Waals surface area contributed by atoms with Gasteiger partial charge in [0.05, 0.1) is 10.7 Å². The Morgan fingerprint density at radius 3 is 2.86 bits per heavy atom. The van der Waals surface area contributed by atoms with Crippen molar-refractivity contribution in [2.75, 3.05) is 13.1 Å². The van der Waals surface area contributed by atoms with Crippen LogP contribution in [0.5, 0.6) is 0 Å². The van der Waals surface area contributed by atoms with Gasteiger partial charge in [0.2, 0.25) is 5.91 Å². The Morgan fingerprint density at radius 1 is 1.36 bits per heavy atom. The van der Waals surface area contributed by atoms with Crippen molar-refractivity contribution in [2.24, 2.45) is 0 Å². The van der Waals surface area contributed by atoms with E-state index in [1.165, 1.54) is 12.8 Å². The Labute approximate surface area is 148 Å². The summed E-state index contributed by atoms with van der Waals surface area (Å²) in [7, 11) is 0. The van der Waals surface area contributed by atoms with Crippen LogP contribution in [0.1, 0.15) is 42.8 Å². The van der Waals surface area contributed by atoms with E-state index in [4.69, 9.17) is 0 Å². The number of aryl methyl sites for hydroxylation is 2. The summed E-state index contributed by atoms with van der Waals surface area (Å²) in [5.41, 5.74) is 1.14. The molecular weight excluding hydrogens is 341 g/mol. The van der Waals surface area contributed by atoms with Gasteiger partial charge in [-0.25, -0.2) is 4.98 Å². The molecule has 2 bridgehead atoms. The first-order valence-corrected chi connectivity index (χ1v) is 8.55. The molecule has 1 aromatic heterocycles. The predicted octanol–water partition coefficient (Wildman–Crippen LogP) is 2.97. The Morgan fingerprint density at radius 2 is 2.14 bits per heavy atom. The van der Waals surface area contributed by atoms with Crippen LogP contribution < -0.4 is 5.32 Å². The van der Waals surface area contributed by atoms with Crippen molar-refractivity contribution in [3.63, 3.8) is 0 Å². The zero-order chi connectivity index (χ0) is 13.9. The van der Waals surface area contributed by atoms with Crippen LogP contribution in [0.2, 0.25) is 0 Å². The molecule has 2 fully saturated rings. The Kier molecular flexibility index (Phi) is 8.11. The lowest BCUT2D eigenvalue weighted by Crippen LogP contribution is -2.42. The minimum Gasteiger partial charge on any atom is -0.335 e. The fourth-order valence-corrected chi connectivity index (χ4v) is 4.11. The highest BCUT2D eigenvalue weighted by molar-refractivity contribution is 7.09. The zero-order valence-electron chi connectivity index (χ0n) is 12.9. The third kappa shape index (κ3) is 4.57. The van der Waals surface area contributed by atoms with Crippen molar-refractivity contribution in [3.05, 3.63) is 16.1 Å². The standard InChI is InChI=1S/C15H23N3OS.2ClH/c1-11-17-12(10-20-11)3-2-4-15(19)18-13-5-6-14(18)9-16-8-7-13;;/h10,13-14,16H,2-9H2,1H3;2*1H. The second-order valence-corrected chi connectivity index (χ2v) is 6.95. The topological polar surface area (TPSA) is 45.2 Å². The van der Waals surface area contributed by atoms with Crippen molar-refractivity contribution in [1.29, 1.82) is 0 Å². The van der Waals surface area contributed by atoms with Gasteiger partial charge in [0.15, 0.2) is 0 Å². The summed E-state index contributed by atoms with van der Waals surface area (Å²) in [5, 5.41) is 6.67. The number of hydrogen-bond donors (Lipinski definition) is 1. The van der Waals surface area contributed by atoms with Gasteiger partial charge < -0.3 is 10.2 Å². The lowest BCUT2D eigenvalue weighted by molar-refractivity contribution is -0.133. The van der Waals surface area contributed by atoms with Gasteiger partial charge in [-0.15, -0.1) is 36.2 Å². The van der Waals surface area contributed by atoms with E-state index in [-0.39, 0.29) is 24.8 Å². The summed E-state index contributed by atoms with van der Waals surface area (Å²) in [6, 6.07) is 0.931. The number of nitrogens with one attached hydrogen (secondary N) is 1. The van der Waals surface area contributed by atoms with Gasteiger partial charge in [0.25, 0.3) is 0 Å². The number of halogens is 2. The van der Waals surface area contributed by atoms with Gasteiger partial charge in [-0.2, -0.15) is 0 Å². The van der Waals surface area contributed by atoms with Crippen molar-refractivity contribution in [2.45, 2.75) is 57.5 Å². The van der Waals surface area contributed by atoms with E-state index in [9.17, 15) is 4.79 Å². The fraction of sp³-hybridized carbons (Fsp3) is 0.733. The molecule has 0 saturated carbocycles. The molecule has 22 heavy (non-hydrogen) atoms. The van der Waals surface area contributed by atoms with Crippen LogP contribution in [0.4, 0.5) is 0 Å². The number of aromatic nitrogens is 1. The van der Waals surface area contributed by atoms with E-state index >= 15 is 0 Å². The monoisotopic (exact) mass is 365 g/mol. The number of carbonyl (C=O) groups excluding carboxylic acids is 1. The number of thiazole rings is 1. The molecule has 1 aromatic rings. The summed E-state index contributed by atoms with van der Waals surface area (Å²) in [5.74, 6) is 0.355. The smallest absolute Gasteiger partial charge is 0.223 e. The van der Waals surface area contributed by atoms with Crippen LogP contribution in [-0.2, 0) is 11.2 Å². The average molecular weight is 366 g/mol. The van der Waals surface area contributed by atoms with Gasteiger partial charge in [-0.3, -0.25) is 4.79 Å². The van der Waals surface area contributed by atoms with Gasteiger partial charge in [0.1, 0.15) is 0 Å². The maximum absolute atomic E-state index is 12.5. The predicted molar refractivity (Wildman–Crippen MR) is 95.4 cm³/mol. The molecule has 0 spiro atoms. The summed E-state index contributed by atoms with van der Waals surface area (Å²) < 4.78 is 0. The molecule has 0 aliphatic carbocycles. The highest BCUT2D eigenvalue weighted by atomic mass is 35.5. The van der Waals surface area contributed by atoms with Crippen LogP contribution in [-0.4, -0.2) is 41.0 Å². The molecule has 126 valence electrons. The maximum Gasteiger partial charge on any atom is 0.223 e. The molecule has 0 aromatic carbocycles. The number of amides is 1. The molecule has 1 N–H and O–H groups in total. The highest BCUT2D eigenvalue weighted by Crippen LogP contribution is 2.28. The van der Waals surface area contributed by atoms with E-state index < -0.39 is 0 Å². The summed E-state index contributed by atoms with van der Waals surface area (Å²) in [4.78, 5) is 19.1. The third-order valence-corrected chi connectivity index (χ3v) is 5.25. The highest BCUT2D eigenvalue weighted by Gasteiger charge is 2.37. The molecule has 2 unspecified atom stereocenters. The molecule has 1 amide bonds. The summed E-state index contributed by atoms with van der Waals surface area (Å²) >= 11 is 1.69. The molecule has 2 saturated heterocycles. The molecule has 7 heteroatoms. The summed E-state index contributed by atoms with van der Waals surface area (Å²) in [6.07, 6.45) is 6.01. The van der Waals surface area contributed by atoms with E-state index in [1.54, 1.807) is 11.3 Å². The molecule has 0 radical (unpaired) electrons. The molecule has 2 aliphatic rings. The zero-order valence-corrected chi connectivity index (χ0v) is 15.4. The fourth-order valence-electron chi connectivity index (χ4n) is 3.46. The first-order chi connectivity index (χ1) is 9.74. The maximum atomic E-state index is 12.5. The van der Waals surface area contributed by atoms with E-state index in [2.05, 4.69) is 20.6 Å². The van der Waals surface area contributed by atoms with Crippen molar-refractivity contribution in [1.82, 2.24) is 15.2 Å². The van der Waals surface area contributed by atoms with Crippen LogP contribution >= 0.6 is 36.2 Å². The molecule has 3 rings (SSSR count). The molecule has 2 aliphatic heterocycles. The van der Waals surface area contributed by atoms with Gasteiger partial charge in [-0.1, -0.05) is 0 Å². The number of hydrogen-bond acceptors (Lipinski definition) is 4. The van der Waals surface area contributed by atoms with E-state index in [0.717, 1.165) is 43.1 Å². The first-order valence-electron chi connectivity index (χ1n) is 7.67. The second-order valence-electron chi connectivity index (χ2n) is 5.89. The van der Waals surface area contributed by atoms with Crippen LogP contribution in [0.3, 0.4) is 0 Å². The molecule has 2 atom stereocenters. The van der Waals surface area contributed by atoms with Gasteiger partial charge in [-0.05, 0) is 45.6 Å². The van der Waals surface area contributed by atoms with Crippen molar-refractivity contribution < 1.29 is 4.79 Å². The number of carbonyl (C=O) groups is 1. The lowest BCUT2D eigenvalue weighted by Gasteiger charge is -2.28. The largest absolute Gasteiger partial charge is 0.335 e. The minimum atomic E-state index is 0. The van der Waals surface area contributed by atoms with Crippen LogP contribution in [0.25, 0.3) is 0 Å². The van der Waals surface area contributed by atoms with Crippen LogP contribution in [0, 0.1) is 6.92 Å². The van der Waals surface area contributed by atoms with Gasteiger partial charge >= 0.3 is 0 Å². The van der Waals surface area contributed by atoms with E-state index in [0.29, 0.717) is 24.4 Å². The Balaban J connectivity index is 0.00000121. The summed E-state index contributed by atoms with van der Waals surface area (Å²) in [6.45, 7) is 4.07. The molecule has 3 heterocycles. The normalized spacial score (nSPS) is 23.4. The van der Waals surface area contributed by atoms with Crippen LogP contribution in [0.15, 0.2) is 5.38 Å². The molecule has 4 nitrogen and oxygen atoms in total. The Hall–Kier alpha value is -0.360. The number of rotatable bonds is 4. The number of fused-ring (bicyclic) bond motifs is 2. The average Bonchev–Trinajstić information content (AvgIpc) is 2.92. The lowest BCUT2D eigenvalue weighted by atomic mass is 10.1. The quantitative estimate of drug-likeness (QED) is 0.891. The second kappa shape index (κ2) is 9.06. The number of nitrogens with zero attached hydrogens (tertiary/aromatic N) is 2. The van der Waals surface area contributed by atoms with E-state index in [1.807, 2.05) is 6.92 Å². The van der Waals surface area contributed by atoms with Crippen molar-refractivity contribution in [3.8, 4) is 0 Å². The first kappa shape index (κ1) is 19.7. The molecular formula is C15H25Cl2N3OS. The van der Waals surface area contributed by atoms with Crippen molar-refractivity contribution >= 4 is 42.1 Å². The third-order valence-electron chi connectivity index (χ3n) is 4.43. The minimum absolute atomic E-state index is 0. The SMILES string of the molecule is Cc1nc(CCCC(=O)N2C3CCNCC2CC3)cs1.Cl.Cl.